The molecule has 1 unspecified atom stereocenters. The molecule has 2 aliphatic rings. The molecule has 256 valence electrons. The number of hydrogen-bond acceptors (Lipinski definition) is 2. The van der Waals surface area contributed by atoms with Crippen molar-refractivity contribution in [3.63, 3.8) is 0 Å². The molecule has 55 heavy (non-hydrogen) atoms. The zero-order chi connectivity index (χ0) is 36.1. The van der Waals surface area contributed by atoms with Gasteiger partial charge in [-0.25, -0.2) is 0 Å². The van der Waals surface area contributed by atoms with E-state index in [0.29, 0.717) is 0 Å². The van der Waals surface area contributed by atoms with Gasteiger partial charge in [-0.2, -0.15) is 0 Å². The molecular weight excluding hydrogens is 667 g/mol. The maximum Gasteiger partial charge on any atom is 0.135 e. The lowest BCUT2D eigenvalue weighted by atomic mass is 9.73. The molecule has 9 aromatic carbocycles. The molecule has 1 atom stereocenters. The largest absolute Gasteiger partial charge is 0.459 e. The van der Waals surface area contributed by atoms with E-state index >= 15 is 0 Å². The van der Waals surface area contributed by atoms with Crippen LogP contribution in [0.5, 0.6) is 0 Å². The van der Waals surface area contributed by atoms with Crippen molar-refractivity contribution >= 4 is 49.6 Å². The average molecular weight is 700 g/mol. The molecule has 0 amide bonds. The number of fused-ring (bicyclic) bond motifs is 15. The van der Waals surface area contributed by atoms with Crippen molar-refractivity contribution in [1.82, 2.24) is 0 Å². The number of anilines is 3. The first kappa shape index (κ1) is 30.3. The Bertz CT molecular complexity index is 3160. The van der Waals surface area contributed by atoms with E-state index in [1.807, 2.05) is 0 Å². The van der Waals surface area contributed by atoms with E-state index in [1.54, 1.807) is 0 Å². The summed E-state index contributed by atoms with van der Waals surface area (Å²) in [7, 11) is 0. The Morgan fingerprint density at radius 3 is 1.76 bits per heavy atom. The first-order valence-corrected chi connectivity index (χ1v) is 19.0. The Hall–Kier alpha value is -7.16. The molecular formula is C53H33NO. The summed E-state index contributed by atoms with van der Waals surface area (Å²) >= 11 is 0. The highest BCUT2D eigenvalue weighted by atomic mass is 16.3. The van der Waals surface area contributed by atoms with Crippen LogP contribution in [0.1, 0.15) is 22.5 Å². The van der Waals surface area contributed by atoms with E-state index in [4.69, 9.17) is 4.42 Å². The van der Waals surface area contributed by atoms with Gasteiger partial charge in [0.1, 0.15) is 16.8 Å². The summed E-state index contributed by atoms with van der Waals surface area (Å²) in [5.74, 6) is 1.01. The second-order valence-electron chi connectivity index (χ2n) is 14.8. The minimum absolute atomic E-state index is 0.587. The molecule has 10 aromatic rings. The quantitative estimate of drug-likeness (QED) is 0.170. The van der Waals surface area contributed by atoms with Crippen molar-refractivity contribution < 1.29 is 4.42 Å². The lowest BCUT2D eigenvalue weighted by Crippen LogP contribution is -2.25. The molecule has 2 heteroatoms. The molecule has 0 bridgehead atoms. The topological polar surface area (TPSA) is 16.4 Å². The van der Waals surface area contributed by atoms with Crippen molar-refractivity contribution in [2.45, 2.75) is 5.41 Å². The normalized spacial score (nSPS) is 15.0. The Morgan fingerprint density at radius 1 is 0.364 bits per heavy atom. The molecule has 0 saturated carbocycles. The van der Waals surface area contributed by atoms with Gasteiger partial charge >= 0.3 is 0 Å². The van der Waals surface area contributed by atoms with Crippen LogP contribution in [0.3, 0.4) is 0 Å². The van der Waals surface area contributed by atoms with Crippen LogP contribution >= 0.6 is 0 Å². The summed E-state index contributed by atoms with van der Waals surface area (Å²) in [5, 5.41) is 6.23. The molecule has 0 aliphatic heterocycles. The third-order valence-electron chi connectivity index (χ3n) is 12.0. The van der Waals surface area contributed by atoms with Crippen LogP contribution < -0.4 is 4.90 Å². The fraction of sp³-hybridized carbons (Fsp3) is 0.0189. The van der Waals surface area contributed by atoms with Gasteiger partial charge in [0.15, 0.2) is 0 Å². The van der Waals surface area contributed by atoms with E-state index in [-0.39, 0.29) is 0 Å². The van der Waals surface area contributed by atoms with E-state index < -0.39 is 5.41 Å². The molecule has 2 nitrogen and oxygen atoms in total. The maximum atomic E-state index is 7.01. The lowest BCUT2D eigenvalue weighted by Gasteiger charge is -2.30. The van der Waals surface area contributed by atoms with E-state index in [0.717, 1.165) is 33.8 Å². The van der Waals surface area contributed by atoms with Gasteiger partial charge in [0.25, 0.3) is 0 Å². The van der Waals surface area contributed by atoms with E-state index in [9.17, 15) is 0 Å². The van der Waals surface area contributed by atoms with Crippen molar-refractivity contribution in [3.8, 4) is 33.4 Å². The Balaban J connectivity index is 1.07. The van der Waals surface area contributed by atoms with E-state index in [2.05, 4.69) is 205 Å². The van der Waals surface area contributed by atoms with Gasteiger partial charge in [-0.15, -0.1) is 0 Å². The molecule has 0 fully saturated rings. The third kappa shape index (κ3) is 4.14. The predicted octanol–water partition coefficient (Wildman–Crippen LogP) is 14.2. The second kappa shape index (κ2) is 11.4. The molecule has 1 spiro atoms. The van der Waals surface area contributed by atoms with Gasteiger partial charge in [-0.05, 0) is 115 Å². The smallest absolute Gasteiger partial charge is 0.135 e. The Morgan fingerprint density at radius 2 is 0.945 bits per heavy atom. The molecule has 2 aliphatic carbocycles. The van der Waals surface area contributed by atoms with E-state index in [1.165, 1.54) is 71.6 Å². The predicted molar refractivity (Wildman–Crippen MR) is 228 cm³/mol. The van der Waals surface area contributed by atoms with Crippen LogP contribution in [-0.4, -0.2) is 0 Å². The first-order valence-electron chi connectivity index (χ1n) is 19.0. The molecule has 0 radical (unpaired) electrons. The number of nitrogens with zero attached hydrogens (tertiary/aromatic N) is 1. The van der Waals surface area contributed by atoms with Gasteiger partial charge in [0.05, 0.1) is 0 Å². The van der Waals surface area contributed by atoms with Crippen LogP contribution in [0.2, 0.25) is 0 Å². The summed E-state index contributed by atoms with van der Waals surface area (Å²) in [4.78, 5) is 2.39. The third-order valence-corrected chi connectivity index (χ3v) is 12.0. The van der Waals surface area contributed by atoms with Gasteiger partial charge in [-0.1, -0.05) is 152 Å². The summed E-state index contributed by atoms with van der Waals surface area (Å²) in [6.45, 7) is 0. The minimum atomic E-state index is -0.587. The first-order chi connectivity index (χ1) is 27.3. The molecule has 1 aromatic heterocycles. The summed E-state index contributed by atoms with van der Waals surface area (Å²) in [6.07, 6.45) is 0. The van der Waals surface area contributed by atoms with Crippen LogP contribution in [0.4, 0.5) is 17.1 Å². The Kier molecular flexibility index (Phi) is 6.29. The molecule has 1 heterocycles. The highest BCUT2D eigenvalue weighted by molar-refractivity contribution is 6.14. The van der Waals surface area contributed by atoms with Crippen molar-refractivity contribution in [3.05, 3.63) is 223 Å². The fourth-order valence-corrected chi connectivity index (χ4v) is 9.78. The summed E-state index contributed by atoms with van der Waals surface area (Å²) in [6, 6.07) is 73.0. The number of furan rings is 1. The highest BCUT2D eigenvalue weighted by Crippen LogP contribution is 2.65. The number of rotatable bonds is 4. The van der Waals surface area contributed by atoms with Crippen molar-refractivity contribution in [2.75, 3.05) is 4.90 Å². The zero-order valence-corrected chi connectivity index (χ0v) is 29.9. The van der Waals surface area contributed by atoms with Crippen molar-refractivity contribution in [2.24, 2.45) is 0 Å². The standard InChI is InChI=1S/C53H33NO/c1-2-15-36(16-3-1)54(37-28-26-34(27-29-37)46-32-35-14-4-5-17-39(35)40-18-6-7-19-41(40)46)38-30-31-43-42-20-8-11-23-47(42)53(49(43)33-38)48-24-12-9-21-44(48)51-45-22-10-13-25-50(45)55-52(51)53/h1-33H. The SMILES string of the molecule is c1ccc(N(c2ccc(-c3cc4ccccc4c4ccccc34)cc2)c2ccc3c(c2)C2(c4ccccc4-3)c3ccccc3-c3c2oc2ccccc32)cc1. The second-order valence-corrected chi connectivity index (χ2v) is 14.8. The number of benzene rings is 9. The molecule has 0 N–H and O–H groups in total. The number of para-hydroxylation sites is 2. The fourth-order valence-electron chi connectivity index (χ4n) is 9.78. The van der Waals surface area contributed by atoms with Gasteiger partial charge in [-0.3, -0.25) is 0 Å². The number of hydrogen-bond donors (Lipinski definition) is 0. The van der Waals surface area contributed by atoms with Gasteiger partial charge in [0.2, 0.25) is 0 Å². The van der Waals surface area contributed by atoms with Gasteiger partial charge in [0, 0.05) is 28.0 Å². The molecule has 0 saturated heterocycles. The highest BCUT2D eigenvalue weighted by Gasteiger charge is 2.55. The minimum Gasteiger partial charge on any atom is -0.459 e. The summed E-state index contributed by atoms with van der Waals surface area (Å²) < 4.78 is 7.01. The van der Waals surface area contributed by atoms with Crippen LogP contribution in [0.15, 0.2) is 205 Å². The lowest BCUT2D eigenvalue weighted by molar-refractivity contribution is 0.507. The van der Waals surface area contributed by atoms with Crippen LogP contribution in [0.25, 0.3) is 65.9 Å². The summed E-state index contributed by atoms with van der Waals surface area (Å²) in [5.41, 5.74) is 14.8. The monoisotopic (exact) mass is 699 g/mol. The maximum absolute atomic E-state index is 7.01. The average Bonchev–Trinajstić information content (AvgIpc) is 3.88. The molecule has 12 rings (SSSR count). The zero-order valence-electron chi connectivity index (χ0n) is 29.9. The Labute approximate surface area is 319 Å². The van der Waals surface area contributed by atoms with Gasteiger partial charge < -0.3 is 9.32 Å². The van der Waals surface area contributed by atoms with Crippen LogP contribution in [-0.2, 0) is 5.41 Å². The van der Waals surface area contributed by atoms with Crippen LogP contribution in [0, 0.1) is 0 Å². The van der Waals surface area contributed by atoms with Crippen molar-refractivity contribution in [1.29, 1.82) is 0 Å².